The molecule has 0 saturated carbocycles. The number of halogens is 2. The van der Waals surface area contributed by atoms with Crippen LogP contribution in [0.25, 0.3) is 0 Å². The minimum Gasteiger partial charge on any atom is -0.497 e. The average Bonchev–Trinajstić information content (AvgIpc) is 3.02. The van der Waals surface area contributed by atoms with E-state index in [2.05, 4.69) is 5.10 Å². The van der Waals surface area contributed by atoms with Crippen molar-refractivity contribution in [3.8, 4) is 11.5 Å². The van der Waals surface area contributed by atoms with Gasteiger partial charge in [0.1, 0.15) is 11.5 Å². The molecule has 0 atom stereocenters. The molecule has 154 valence electrons. The van der Waals surface area contributed by atoms with Crippen molar-refractivity contribution in [2.45, 2.75) is 38.6 Å². The number of hydrogen-bond acceptors (Lipinski definition) is 4. The lowest BCUT2D eigenvalue weighted by Crippen LogP contribution is -2.40. The van der Waals surface area contributed by atoms with Gasteiger partial charge in [-0.25, -0.2) is 5.01 Å². The van der Waals surface area contributed by atoms with Crippen LogP contribution >= 0.6 is 23.2 Å². The Morgan fingerprint density at radius 2 is 2.00 bits per heavy atom. The Balaban J connectivity index is 1.59. The van der Waals surface area contributed by atoms with Crippen LogP contribution in [0.15, 0.2) is 47.6 Å². The molecule has 29 heavy (non-hydrogen) atoms. The topological polar surface area (TPSA) is 51.1 Å². The van der Waals surface area contributed by atoms with Crippen LogP contribution < -0.4 is 9.47 Å². The zero-order valence-electron chi connectivity index (χ0n) is 16.7. The van der Waals surface area contributed by atoms with Crippen LogP contribution in [0.5, 0.6) is 11.5 Å². The van der Waals surface area contributed by atoms with Gasteiger partial charge in [0.05, 0.1) is 30.0 Å². The number of hydrazone groups is 1. The lowest BCUT2D eigenvalue weighted by molar-refractivity contribution is -0.135. The van der Waals surface area contributed by atoms with Gasteiger partial charge in [0.25, 0.3) is 0 Å². The van der Waals surface area contributed by atoms with Crippen LogP contribution in [0.2, 0.25) is 10.0 Å². The highest BCUT2D eigenvalue weighted by Crippen LogP contribution is 2.31. The van der Waals surface area contributed by atoms with Gasteiger partial charge in [-0.05, 0) is 50.6 Å². The summed E-state index contributed by atoms with van der Waals surface area (Å²) in [6.07, 6.45) is 1.58. The number of nitrogens with zero attached hydrogens (tertiary/aromatic N) is 2. The van der Waals surface area contributed by atoms with Gasteiger partial charge in [0.15, 0.2) is 0 Å². The third kappa shape index (κ3) is 5.22. The Morgan fingerprint density at radius 3 is 2.72 bits per heavy atom. The minimum absolute atomic E-state index is 0.0290. The zero-order valence-corrected chi connectivity index (χ0v) is 18.3. The summed E-state index contributed by atoms with van der Waals surface area (Å²) < 4.78 is 11.0. The third-order valence-corrected chi connectivity index (χ3v) is 5.25. The minimum atomic E-state index is -0.379. The fourth-order valence-electron chi connectivity index (χ4n) is 3.24. The molecule has 1 aliphatic heterocycles. The van der Waals surface area contributed by atoms with Crippen LogP contribution in [0.3, 0.4) is 0 Å². The second-order valence-electron chi connectivity index (χ2n) is 7.50. The van der Waals surface area contributed by atoms with Crippen molar-refractivity contribution < 1.29 is 14.3 Å². The van der Waals surface area contributed by atoms with Crippen molar-refractivity contribution in [1.82, 2.24) is 5.01 Å². The monoisotopic (exact) mass is 434 g/mol. The summed E-state index contributed by atoms with van der Waals surface area (Å²) in [5, 5.41) is 7.22. The number of carbonyl (C=O) groups is 1. The van der Waals surface area contributed by atoms with Crippen molar-refractivity contribution in [2.75, 3.05) is 13.7 Å². The predicted molar refractivity (Wildman–Crippen MR) is 116 cm³/mol. The van der Waals surface area contributed by atoms with Crippen LogP contribution in [0.1, 0.15) is 38.7 Å². The molecule has 0 aliphatic carbocycles. The first-order valence-electron chi connectivity index (χ1n) is 9.43. The van der Waals surface area contributed by atoms with E-state index in [1.54, 1.807) is 30.3 Å². The van der Waals surface area contributed by atoms with E-state index in [1.165, 1.54) is 0 Å². The summed E-state index contributed by atoms with van der Waals surface area (Å²) in [5.41, 5.74) is 1.47. The van der Waals surface area contributed by atoms with Crippen molar-refractivity contribution in [1.29, 1.82) is 0 Å². The highest BCUT2D eigenvalue weighted by atomic mass is 35.5. The molecule has 3 rings (SSSR count). The SMILES string of the molecule is COc1cccc(C2=NN(C(=O)CCCOc3ccc(Cl)cc3Cl)C(C)(C)C2)c1. The quantitative estimate of drug-likeness (QED) is 0.534. The molecule has 1 heterocycles. The lowest BCUT2D eigenvalue weighted by Gasteiger charge is -2.28. The highest BCUT2D eigenvalue weighted by Gasteiger charge is 2.38. The molecule has 0 saturated heterocycles. The molecule has 1 amide bonds. The smallest absolute Gasteiger partial charge is 0.243 e. The standard InChI is InChI=1S/C22H24Cl2N2O3/c1-22(2)14-19(15-6-4-7-17(12-15)28-3)25-26(22)21(27)8-5-11-29-20-10-9-16(23)13-18(20)24/h4,6-7,9-10,12-13H,5,8,11,14H2,1-3H3. The molecular weight excluding hydrogens is 411 g/mol. The maximum absolute atomic E-state index is 12.8. The van der Waals surface area contributed by atoms with Crippen LogP contribution in [-0.4, -0.2) is 35.9 Å². The Labute approximate surface area is 181 Å². The van der Waals surface area contributed by atoms with Gasteiger partial charge >= 0.3 is 0 Å². The van der Waals surface area contributed by atoms with Crippen LogP contribution in [-0.2, 0) is 4.79 Å². The highest BCUT2D eigenvalue weighted by molar-refractivity contribution is 6.35. The van der Waals surface area contributed by atoms with E-state index in [1.807, 2.05) is 38.1 Å². The van der Waals surface area contributed by atoms with Crippen molar-refractivity contribution in [3.63, 3.8) is 0 Å². The fourth-order valence-corrected chi connectivity index (χ4v) is 3.70. The number of benzene rings is 2. The van der Waals surface area contributed by atoms with Crippen molar-refractivity contribution in [2.24, 2.45) is 5.10 Å². The number of rotatable bonds is 7. The summed E-state index contributed by atoms with van der Waals surface area (Å²) in [6.45, 7) is 4.42. The second-order valence-corrected chi connectivity index (χ2v) is 8.34. The number of amides is 1. The summed E-state index contributed by atoms with van der Waals surface area (Å²) in [6, 6.07) is 12.8. The van der Waals surface area contributed by atoms with Gasteiger partial charge in [-0.3, -0.25) is 4.79 Å². The summed E-state index contributed by atoms with van der Waals surface area (Å²) in [7, 11) is 1.63. The first kappa shape index (κ1) is 21.5. The number of methoxy groups -OCH3 is 1. The normalized spacial score (nSPS) is 15.2. The van der Waals surface area contributed by atoms with E-state index in [4.69, 9.17) is 32.7 Å². The molecule has 1 aliphatic rings. The van der Waals surface area contributed by atoms with Crippen LogP contribution in [0, 0.1) is 0 Å². The first-order valence-corrected chi connectivity index (χ1v) is 10.2. The van der Waals surface area contributed by atoms with Gasteiger partial charge in [0.2, 0.25) is 5.91 Å². The molecule has 0 unspecified atom stereocenters. The van der Waals surface area contributed by atoms with E-state index < -0.39 is 0 Å². The van der Waals surface area contributed by atoms with E-state index in [0.717, 1.165) is 17.0 Å². The Bertz CT molecular complexity index is 928. The third-order valence-electron chi connectivity index (χ3n) is 4.72. The number of ether oxygens (including phenoxy) is 2. The average molecular weight is 435 g/mol. The lowest BCUT2D eigenvalue weighted by atomic mass is 9.94. The molecule has 0 bridgehead atoms. The molecule has 0 radical (unpaired) electrons. The van der Waals surface area contributed by atoms with Gasteiger partial charge in [0, 0.05) is 23.4 Å². The molecule has 2 aromatic carbocycles. The first-order chi connectivity index (χ1) is 13.8. The van der Waals surface area contributed by atoms with Crippen molar-refractivity contribution >= 4 is 34.8 Å². The Morgan fingerprint density at radius 1 is 1.21 bits per heavy atom. The van der Waals surface area contributed by atoms with E-state index >= 15 is 0 Å². The van der Waals surface area contributed by atoms with E-state index in [-0.39, 0.29) is 11.4 Å². The molecule has 7 heteroatoms. The molecule has 5 nitrogen and oxygen atoms in total. The van der Waals surface area contributed by atoms with E-state index in [9.17, 15) is 4.79 Å². The predicted octanol–water partition coefficient (Wildman–Crippen LogP) is 5.58. The number of hydrogen-bond donors (Lipinski definition) is 0. The van der Waals surface area contributed by atoms with Gasteiger partial charge < -0.3 is 9.47 Å². The molecular formula is C22H24Cl2N2O3. The molecule has 0 spiro atoms. The van der Waals surface area contributed by atoms with Gasteiger partial charge in [-0.2, -0.15) is 5.10 Å². The number of carbonyl (C=O) groups excluding carboxylic acids is 1. The molecule has 0 N–H and O–H groups in total. The van der Waals surface area contributed by atoms with Gasteiger partial charge in [-0.1, -0.05) is 35.3 Å². The summed E-state index contributed by atoms with van der Waals surface area (Å²) in [5.74, 6) is 1.30. The summed E-state index contributed by atoms with van der Waals surface area (Å²) in [4.78, 5) is 12.8. The molecule has 0 aromatic heterocycles. The Hall–Kier alpha value is -2.24. The second kappa shape index (κ2) is 9.06. The molecule has 0 fully saturated rings. The maximum Gasteiger partial charge on any atom is 0.243 e. The molecule has 2 aromatic rings. The summed E-state index contributed by atoms with van der Waals surface area (Å²) >= 11 is 12.0. The largest absolute Gasteiger partial charge is 0.497 e. The maximum atomic E-state index is 12.8. The van der Waals surface area contributed by atoms with Gasteiger partial charge in [-0.15, -0.1) is 0 Å². The van der Waals surface area contributed by atoms with E-state index in [0.29, 0.717) is 41.7 Å². The van der Waals surface area contributed by atoms with Crippen LogP contribution in [0.4, 0.5) is 0 Å². The fraction of sp³-hybridized carbons (Fsp3) is 0.364. The zero-order chi connectivity index (χ0) is 21.0. The van der Waals surface area contributed by atoms with Crippen molar-refractivity contribution in [3.05, 3.63) is 58.1 Å². The Kier molecular flexibility index (Phi) is 6.70.